The van der Waals surface area contributed by atoms with Crippen LogP contribution in [0.1, 0.15) is 17.2 Å². The minimum atomic E-state index is 0.236. The molecule has 0 heterocycles. The number of halogens is 2. The fourth-order valence-corrected chi connectivity index (χ4v) is 2.51. The Morgan fingerprint density at radius 3 is 2.39 bits per heavy atom. The third-order valence-electron chi connectivity index (χ3n) is 2.98. The van der Waals surface area contributed by atoms with Crippen LogP contribution in [-0.4, -0.2) is 7.05 Å². The quantitative estimate of drug-likeness (QED) is 0.866. The van der Waals surface area contributed by atoms with E-state index in [9.17, 15) is 0 Å². The highest BCUT2D eigenvalue weighted by molar-refractivity contribution is 9.10. The number of hydrogen-bond acceptors (Lipinski definition) is 1. The van der Waals surface area contributed by atoms with Crippen LogP contribution in [0.5, 0.6) is 0 Å². The molecule has 1 atom stereocenters. The zero-order chi connectivity index (χ0) is 13.0. The first-order valence-corrected chi connectivity index (χ1v) is 7.04. The van der Waals surface area contributed by atoms with Gasteiger partial charge in [0.25, 0.3) is 0 Å². The van der Waals surface area contributed by atoms with Crippen LogP contribution in [0.25, 0.3) is 0 Å². The second kappa shape index (κ2) is 6.37. The molecule has 3 heteroatoms. The summed E-state index contributed by atoms with van der Waals surface area (Å²) in [5, 5.41) is 4.14. The highest BCUT2D eigenvalue weighted by Gasteiger charge is 2.12. The van der Waals surface area contributed by atoms with Gasteiger partial charge in [-0.1, -0.05) is 57.9 Å². The molecule has 2 aromatic rings. The molecule has 0 aliphatic rings. The van der Waals surface area contributed by atoms with Crippen molar-refractivity contribution in [1.29, 1.82) is 0 Å². The maximum Gasteiger partial charge on any atom is 0.0453 e. The first-order chi connectivity index (χ1) is 8.70. The molecule has 0 saturated carbocycles. The molecule has 1 unspecified atom stereocenters. The van der Waals surface area contributed by atoms with Crippen molar-refractivity contribution in [2.45, 2.75) is 12.5 Å². The van der Waals surface area contributed by atoms with Crippen LogP contribution in [0.2, 0.25) is 5.02 Å². The number of likely N-dealkylation sites (N-methyl/N-ethyl adjacent to an activating group) is 1. The van der Waals surface area contributed by atoms with Crippen molar-refractivity contribution in [1.82, 2.24) is 5.32 Å². The van der Waals surface area contributed by atoms with E-state index in [0.717, 1.165) is 21.5 Å². The molecule has 0 aliphatic carbocycles. The SMILES string of the molecule is CNC(Cc1ccc(Br)cc1)c1ccccc1Cl. The summed E-state index contributed by atoms with van der Waals surface area (Å²) in [7, 11) is 1.97. The first-order valence-electron chi connectivity index (χ1n) is 5.87. The van der Waals surface area contributed by atoms with Gasteiger partial charge in [-0.3, -0.25) is 0 Å². The highest BCUT2D eigenvalue weighted by Crippen LogP contribution is 2.25. The largest absolute Gasteiger partial charge is 0.313 e. The predicted octanol–water partition coefficient (Wildman–Crippen LogP) is 4.61. The van der Waals surface area contributed by atoms with Crippen LogP contribution in [0, 0.1) is 0 Å². The van der Waals surface area contributed by atoms with Gasteiger partial charge in [-0.15, -0.1) is 0 Å². The fourth-order valence-electron chi connectivity index (χ4n) is 1.98. The van der Waals surface area contributed by atoms with E-state index in [2.05, 4.69) is 51.6 Å². The molecule has 2 aromatic carbocycles. The van der Waals surface area contributed by atoms with Crippen LogP contribution in [-0.2, 0) is 6.42 Å². The average molecular weight is 325 g/mol. The fraction of sp³-hybridized carbons (Fsp3) is 0.200. The number of hydrogen-bond donors (Lipinski definition) is 1. The number of rotatable bonds is 4. The van der Waals surface area contributed by atoms with E-state index in [1.165, 1.54) is 5.56 Å². The van der Waals surface area contributed by atoms with E-state index < -0.39 is 0 Å². The van der Waals surface area contributed by atoms with E-state index in [1.54, 1.807) is 0 Å². The van der Waals surface area contributed by atoms with Crippen molar-refractivity contribution in [2.75, 3.05) is 7.05 Å². The topological polar surface area (TPSA) is 12.0 Å². The van der Waals surface area contributed by atoms with Gasteiger partial charge < -0.3 is 5.32 Å². The smallest absolute Gasteiger partial charge is 0.0453 e. The Morgan fingerprint density at radius 2 is 1.78 bits per heavy atom. The number of benzene rings is 2. The van der Waals surface area contributed by atoms with E-state index in [1.807, 2.05) is 25.2 Å². The third-order valence-corrected chi connectivity index (χ3v) is 3.86. The van der Waals surface area contributed by atoms with Crippen molar-refractivity contribution in [3.8, 4) is 0 Å². The lowest BCUT2D eigenvalue weighted by Gasteiger charge is -2.18. The van der Waals surface area contributed by atoms with Crippen molar-refractivity contribution in [3.63, 3.8) is 0 Å². The Labute approximate surface area is 121 Å². The Bertz CT molecular complexity index is 510. The Hall–Kier alpha value is -0.830. The van der Waals surface area contributed by atoms with Gasteiger partial charge in [0.05, 0.1) is 0 Å². The molecule has 0 bridgehead atoms. The van der Waals surface area contributed by atoms with Crippen LogP contribution in [0.4, 0.5) is 0 Å². The monoisotopic (exact) mass is 323 g/mol. The summed E-state index contributed by atoms with van der Waals surface area (Å²) in [4.78, 5) is 0. The second-order valence-electron chi connectivity index (χ2n) is 4.19. The molecular weight excluding hydrogens is 310 g/mol. The summed E-state index contributed by atoms with van der Waals surface area (Å²) < 4.78 is 1.10. The molecule has 0 radical (unpaired) electrons. The molecule has 18 heavy (non-hydrogen) atoms. The van der Waals surface area contributed by atoms with Gasteiger partial charge in [0.15, 0.2) is 0 Å². The zero-order valence-corrected chi connectivity index (χ0v) is 12.5. The normalized spacial score (nSPS) is 12.4. The molecule has 0 aliphatic heterocycles. The maximum absolute atomic E-state index is 6.24. The molecule has 0 amide bonds. The molecule has 0 fully saturated rings. The molecule has 0 saturated heterocycles. The lowest BCUT2D eigenvalue weighted by atomic mass is 9.99. The lowest BCUT2D eigenvalue weighted by molar-refractivity contribution is 0.592. The molecule has 94 valence electrons. The molecular formula is C15H15BrClN. The van der Waals surface area contributed by atoms with Gasteiger partial charge in [-0.05, 0) is 42.8 Å². The zero-order valence-electron chi connectivity index (χ0n) is 10.2. The summed E-state index contributed by atoms with van der Waals surface area (Å²) >= 11 is 9.69. The Balaban J connectivity index is 2.20. The van der Waals surface area contributed by atoms with Crippen LogP contribution >= 0.6 is 27.5 Å². The minimum absolute atomic E-state index is 0.236. The summed E-state index contributed by atoms with van der Waals surface area (Å²) in [6.07, 6.45) is 0.924. The minimum Gasteiger partial charge on any atom is -0.313 e. The summed E-state index contributed by atoms with van der Waals surface area (Å²) in [6, 6.07) is 16.6. The van der Waals surface area contributed by atoms with Gasteiger partial charge in [0.1, 0.15) is 0 Å². The number of nitrogens with one attached hydrogen (secondary N) is 1. The van der Waals surface area contributed by atoms with Crippen molar-refractivity contribution >= 4 is 27.5 Å². The van der Waals surface area contributed by atoms with Crippen molar-refractivity contribution in [3.05, 3.63) is 69.2 Å². The van der Waals surface area contributed by atoms with Gasteiger partial charge in [-0.25, -0.2) is 0 Å². The highest BCUT2D eigenvalue weighted by atomic mass is 79.9. The first kappa shape index (κ1) is 13.6. The Kier molecular flexibility index (Phi) is 4.81. The van der Waals surface area contributed by atoms with Crippen LogP contribution in [0.15, 0.2) is 53.0 Å². The lowest BCUT2D eigenvalue weighted by Crippen LogP contribution is -2.19. The van der Waals surface area contributed by atoms with E-state index in [-0.39, 0.29) is 6.04 Å². The molecule has 0 spiro atoms. The van der Waals surface area contributed by atoms with E-state index in [0.29, 0.717) is 0 Å². The molecule has 1 N–H and O–H groups in total. The van der Waals surface area contributed by atoms with Crippen molar-refractivity contribution in [2.24, 2.45) is 0 Å². The predicted molar refractivity (Wildman–Crippen MR) is 81.1 cm³/mol. The van der Waals surface area contributed by atoms with E-state index >= 15 is 0 Å². The average Bonchev–Trinajstić information content (AvgIpc) is 2.39. The van der Waals surface area contributed by atoms with E-state index in [4.69, 9.17) is 11.6 Å². The van der Waals surface area contributed by atoms with Gasteiger partial charge in [0, 0.05) is 15.5 Å². The molecule has 0 aromatic heterocycles. The maximum atomic E-state index is 6.24. The third kappa shape index (κ3) is 3.35. The second-order valence-corrected chi connectivity index (χ2v) is 5.52. The Morgan fingerprint density at radius 1 is 1.11 bits per heavy atom. The molecule has 2 rings (SSSR count). The molecule has 1 nitrogen and oxygen atoms in total. The standard InChI is InChI=1S/C15H15BrClN/c1-18-15(13-4-2-3-5-14(13)17)10-11-6-8-12(16)9-7-11/h2-9,15,18H,10H2,1H3. The van der Waals surface area contributed by atoms with Crippen molar-refractivity contribution < 1.29 is 0 Å². The van der Waals surface area contributed by atoms with Crippen LogP contribution in [0.3, 0.4) is 0 Å². The van der Waals surface area contributed by atoms with Crippen LogP contribution < -0.4 is 5.32 Å². The summed E-state index contributed by atoms with van der Waals surface area (Å²) in [6.45, 7) is 0. The summed E-state index contributed by atoms with van der Waals surface area (Å²) in [5.41, 5.74) is 2.43. The van der Waals surface area contributed by atoms with Gasteiger partial charge in [-0.2, -0.15) is 0 Å². The van der Waals surface area contributed by atoms with Gasteiger partial charge >= 0.3 is 0 Å². The summed E-state index contributed by atoms with van der Waals surface area (Å²) in [5.74, 6) is 0. The van der Waals surface area contributed by atoms with Gasteiger partial charge in [0.2, 0.25) is 0 Å².